The van der Waals surface area contributed by atoms with E-state index in [-0.39, 0.29) is 23.6 Å². The summed E-state index contributed by atoms with van der Waals surface area (Å²) >= 11 is 5.91. The van der Waals surface area contributed by atoms with E-state index in [4.69, 9.17) is 11.6 Å². The molecule has 2 aromatic carbocycles. The molecule has 29 heavy (non-hydrogen) atoms. The number of Topliss-reactive ketones (excluding diaryl/α,β-unsaturated/α-hetero) is 1. The standard InChI is InChI=1S/C22H22ClFN2O3/c1-3-25(4-2)13-26-19(16-7-5-6-8-17(16)24)18(21(28)22(26)29)20(27)14-9-11-15(23)12-10-14/h5-12,19,27H,3-4,13H2,1-2H3/p+1/t19-/m0/s1. The van der Waals surface area contributed by atoms with Gasteiger partial charge in [-0.2, -0.15) is 0 Å². The lowest BCUT2D eigenvalue weighted by molar-refractivity contribution is -0.905. The summed E-state index contributed by atoms with van der Waals surface area (Å²) < 4.78 is 14.7. The molecule has 0 saturated carbocycles. The topological polar surface area (TPSA) is 62.0 Å². The lowest BCUT2D eigenvalue weighted by Crippen LogP contribution is -3.13. The molecule has 0 spiro atoms. The Hall–Kier alpha value is -2.70. The van der Waals surface area contributed by atoms with E-state index in [0.717, 1.165) is 18.0 Å². The zero-order chi connectivity index (χ0) is 21.1. The minimum absolute atomic E-state index is 0.117. The third kappa shape index (κ3) is 4.04. The van der Waals surface area contributed by atoms with Gasteiger partial charge in [-0.1, -0.05) is 29.8 Å². The number of nitrogens with one attached hydrogen (secondary N) is 1. The predicted molar refractivity (Wildman–Crippen MR) is 109 cm³/mol. The first-order valence-electron chi connectivity index (χ1n) is 9.51. The molecule has 1 fully saturated rings. The number of quaternary nitrogens is 1. The van der Waals surface area contributed by atoms with Crippen LogP contribution in [0.4, 0.5) is 4.39 Å². The second-order valence-corrected chi connectivity index (χ2v) is 7.35. The average Bonchev–Trinajstić information content (AvgIpc) is 2.97. The molecule has 1 aliphatic heterocycles. The molecule has 0 aromatic heterocycles. The highest BCUT2D eigenvalue weighted by molar-refractivity contribution is 6.46. The molecule has 152 valence electrons. The molecule has 1 heterocycles. The van der Waals surface area contributed by atoms with E-state index in [0.29, 0.717) is 10.6 Å². The summed E-state index contributed by atoms with van der Waals surface area (Å²) in [5.74, 6) is -2.45. The Labute approximate surface area is 174 Å². The van der Waals surface area contributed by atoms with Gasteiger partial charge in [-0.25, -0.2) is 4.39 Å². The van der Waals surface area contributed by atoms with Crippen molar-refractivity contribution in [3.8, 4) is 0 Å². The molecule has 5 nitrogen and oxygen atoms in total. The maximum absolute atomic E-state index is 14.7. The lowest BCUT2D eigenvalue weighted by Gasteiger charge is -2.28. The maximum atomic E-state index is 14.7. The summed E-state index contributed by atoms with van der Waals surface area (Å²) in [6, 6.07) is 11.3. The number of halogens is 2. The van der Waals surface area contributed by atoms with Crippen LogP contribution >= 0.6 is 11.6 Å². The third-order valence-electron chi connectivity index (χ3n) is 5.25. The zero-order valence-corrected chi connectivity index (χ0v) is 17.0. The fourth-order valence-electron chi connectivity index (χ4n) is 3.54. The summed E-state index contributed by atoms with van der Waals surface area (Å²) in [5.41, 5.74) is 0.395. The summed E-state index contributed by atoms with van der Waals surface area (Å²) in [4.78, 5) is 28.1. The number of hydrogen-bond donors (Lipinski definition) is 2. The Kier molecular flexibility index (Phi) is 6.35. The van der Waals surface area contributed by atoms with Crippen molar-refractivity contribution < 1.29 is 24.0 Å². The van der Waals surface area contributed by atoms with Crippen molar-refractivity contribution in [3.05, 3.63) is 76.1 Å². The van der Waals surface area contributed by atoms with E-state index in [1.165, 1.54) is 17.0 Å². The van der Waals surface area contributed by atoms with Gasteiger partial charge in [0.2, 0.25) is 0 Å². The SMILES string of the molecule is CC[NH+](CC)CN1C(=O)C(=O)C(=C(O)c2ccc(Cl)cc2)[C@@H]1c1ccccc1F. The molecular formula is C22H23ClFN2O3+. The highest BCUT2D eigenvalue weighted by atomic mass is 35.5. The van der Waals surface area contributed by atoms with Crippen LogP contribution in [-0.2, 0) is 9.59 Å². The van der Waals surface area contributed by atoms with Gasteiger partial charge in [0.1, 0.15) is 11.6 Å². The van der Waals surface area contributed by atoms with Crippen LogP contribution in [0.3, 0.4) is 0 Å². The molecule has 3 rings (SSSR count). The van der Waals surface area contributed by atoms with Gasteiger partial charge in [0, 0.05) is 16.1 Å². The first kappa shape index (κ1) is 21.0. The summed E-state index contributed by atoms with van der Waals surface area (Å²) in [6.45, 7) is 5.65. The van der Waals surface area contributed by atoms with Crippen molar-refractivity contribution >= 4 is 29.1 Å². The number of nitrogens with zero attached hydrogens (tertiary/aromatic N) is 1. The van der Waals surface area contributed by atoms with Crippen LogP contribution in [0.25, 0.3) is 5.76 Å². The largest absolute Gasteiger partial charge is 0.507 e. The van der Waals surface area contributed by atoms with Crippen LogP contribution in [0, 0.1) is 5.82 Å². The molecule has 2 N–H and O–H groups in total. The van der Waals surface area contributed by atoms with Crippen LogP contribution in [0.15, 0.2) is 54.1 Å². The third-order valence-corrected chi connectivity index (χ3v) is 5.50. The van der Waals surface area contributed by atoms with Gasteiger partial charge >= 0.3 is 0 Å². The fraction of sp³-hybridized carbons (Fsp3) is 0.273. The lowest BCUT2D eigenvalue weighted by atomic mass is 9.95. The second kappa shape index (κ2) is 8.76. The Bertz CT molecular complexity index is 955. The number of aliphatic hydroxyl groups excluding tert-OH is 1. The molecular weight excluding hydrogens is 395 g/mol. The van der Waals surface area contributed by atoms with Gasteiger partial charge in [0.25, 0.3) is 11.7 Å². The maximum Gasteiger partial charge on any atom is 0.299 e. The first-order valence-corrected chi connectivity index (χ1v) is 9.89. The molecule has 1 amide bonds. The monoisotopic (exact) mass is 417 g/mol. The van der Waals surface area contributed by atoms with Gasteiger partial charge in [-0.05, 0) is 44.2 Å². The van der Waals surface area contributed by atoms with E-state index in [1.54, 1.807) is 36.4 Å². The number of carbonyl (C=O) groups excluding carboxylic acids is 2. The van der Waals surface area contributed by atoms with E-state index in [9.17, 15) is 19.1 Å². The van der Waals surface area contributed by atoms with Gasteiger partial charge in [-0.3, -0.25) is 14.5 Å². The van der Waals surface area contributed by atoms with E-state index >= 15 is 0 Å². The van der Waals surface area contributed by atoms with E-state index < -0.39 is 23.5 Å². The number of hydrogen-bond acceptors (Lipinski definition) is 3. The highest BCUT2D eigenvalue weighted by Crippen LogP contribution is 2.39. The number of carbonyl (C=O) groups is 2. The van der Waals surface area contributed by atoms with Gasteiger partial charge in [0.15, 0.2) is 6.67 Å². The van der Waals surface area contributed by atoms with Crippen molar-refractivity contribution in [1.82, 2.24) is 4.90 Å². The molecule has 1 atom stereocenters. The number of likely N-dealkylation sites (tertiary alicyclic amines) is 1. The molecule has 1 aliphatic rings. The van der Waals surface area contributed by atoms with Crippen molar-refractivity contribution in [2.75, 3.05) is 19.8 Å². The normalized spacial score (nSPS) is 18.7. The Morgan fingerprint density at radius 3 is 2.31 bits per heavy atom. The number of amides is 1. The minimum atomic E-state index is -1.00. The number of rotatable bonds is 6. The average molecular weight is 418 g/mol. The molecule has 0 bridgehead atoms. The van der Waals surface area contributed by atoms with Crippen LogP contribution in [0.1, 0.15) is 31.0 Å². The second-order valence-electron chi connectivity index (χ2n) is 6.91. The van der Waals surface area contributed by atoms with Crippen LogP contribution in [0.2, 0.25) is 5.02 Å². The Morgan fingerprint density at radius 2 is 1.72 bits per heavy atom. The molecule has 0 unspecified atom stereocenters. The van der Waals surface area contributed by atoms with Gasteiger partial charge in [-0.15, -0.1) is 0 Å². The minimum Gasteiger partial charge on any atom is -0.507 e. The number of ketones is 1. The van der Waals surface area contributed by atoms with Crippen molar-refractivity contribution in [2.24, 2.45) is 0 Å². The fourth-order valence-corrected chi connectivity index (χ4v) is 3.67. The van der Waals surface area contributed by atoms with Gasteiger partial charge < -0.3 is 10.0 Å². The molecule has 1 saturated heterocycles. The molecule has 7 heteroatoms. The number of aliphatic hydroxyl groups is 1. The Morgan fingerprint density at radius 1 is 1.10 bits per heavy atom. The molecule has 0 aliphatic carbocycles. The van der Waals surface area contributed by atoms with Crippen molar-refractivity contribution in [2.45, 2.75) is 19.9 Å². The number of benzene rings is 2. The van der Waals surface area contributed by atoms with Crippen molar-refractivity contribution in [3.63, 3.8) is 0 Å². The van der Waals surface area contributed by atoms with Gasteiger partial charge in [0.05, 0.1) is 24.7 Å². The van der Waals surface area contributed by atoms with Crippen LogP contribution in [0.5, 0.6) is 0 Å². The van der Waals surface area contributed by atoms with E-state index in [2.05, 4.69) is 0 Å². The summed E-state index contributed by atoms with van der Waals surface area (Å²) in [5, 5.41) is 11.4. The first-order chi connectivity index (χ1) is 13.9. The smallest absolute Gasteiger partial charge is 0.299 e. The van der Waals surface area contributed by atoms with Crippen molar-refractivity contribution in [1.29, 1.82) is 0 Å². The zero-order valence-electron chi connectivity index (χ0n) is 16.3. The van der Waals surface area contributed by atoms with E-state index in [1.807, 2.05) is 13.8 Å². The highest BCUT2D eigenvalue weighted by Gasteiger charge is 2.48. The van der Waals surface area contributed by atoms with Crippen LogP contribution < -0.4 is 4.90 Å². The Balaban J connectivity index is 2.18. The predicted octanol–water partition coefficient (Wildman–Crippen LogP) is 2.78. The summed E-state index contributed by atoms with van der Waals surface area (Å²) in [6.07, 6.45) is 0. The quantitative estimate of drug-likeness (QED) is 0.431. The molecule has 0 radical (unpaired) electrons. The summed E-state index contributed by atoms with van der Waals surface area (Å²) in [7, 11) is 0. The molecule has 2 aromatic rings. The van der Waals surface area contributed by atoms with Crippen LogP contribution in [-0.4, -0.2) is 41.5 Å².